The van der Waals surface area contributed by atoms with Gasteiger partial charge in [0.1, 0.15) is 5.75 Å². The largest absolute Gasteiger partial charge is 0.496 e. The molecule has 0 saturated heterocycles. The van der Waals surface area contributed by atoms with Crippen LogP contribution in [0.3, 0.4) is 0 Å². The van der Waals surface area contributed by atoms with Crippen molar-refractivity contribution in [2.45, 2.75) is 25.8 Å². The average Bonchev–Trinajstić information content (AvgIpc) is 3.37. The predicted molar refractivity (Wildman–Crippen MR) is 109 cm³/mol. The van der Waals surface area contributed by atoms with Crippen molar-refractivity contribution in [3.8, 4) is 5.75 Å². The number of fused-ring (bicyclic) bond motifs is 1. The predicted octanol–water partition coefficient (Wildman–Crippen LogP) is 3.71. The molecule has 0 aliphatic heterocycles. The zero-order valence-electron chi connectivity index (χ0n) is 16.3. The fraction of sp³-hybridized carbons (Fsp3) is 0.227. The van der Waals surface area contributed by atoms with Gasteiger partial charge in [-0.1, -0.05) is 41.6 Å². The first-order chi connectivity index (χ1) is 14.2. The Labute approximate surface area is 168 Å². The second-order valence-electron chi connectivity index (χ2n) is 6.81. The van der Waals surface area contributed by atoms with Gasteiger partial charge in [-0.3, -0.25) is 4.79 Å². The minimum Gasteiger partial charge on any atom is -0.496 e. The van der Waals surface area contributed by atoms with Crippen LogP contribution in [0.2, 0.25) is 0 Å². The molecular formula is C22H22N4O3. The van der Waals surface area contributed by atoms with Crippen LogP contribution >= 0.6 is 0 Å². The van der Waals surface area contributed by atoms with Gasteiger partial charge in [0.25, 0.3) is 0 Å². The zero-order valence-corrected chi connectivity index (χ0v) is 16.3. The van der Waals surface area contributed by atoms with Gasteiger partial charge in [-0.15, -0.1) is 0 Å². The highest BCUT2D eigenvalue weighted by Gasteiger charge is 2.23. The molecule has 7 nitrogen and oxygen atoms in total. The molecule has 148 valence electrons. The van der Waals surface area contributed by atoms with E-state index in [0.29, 0.717) is 11.7 Å². The number of nitrogens with one attached hydrogen (secondary N) is 2. The molecular weight excluding hydrogens is 368 g/mol. The molecule has 0 unspecified atom stereocenters. The van der Waals surface area contributed by atoms with E-state index in [1.807, 2.05) is 54.7 Å². The lowest BCUT2D eigenvalue weighted by Gasteiger charge is -2.18. The normalized spacial score (nSPS) is 12.1. The molecule has 0 aliphatic rings. The number of H-pyrrole nitrogens is 1. The molecule has 2 heterocycles. The molecule has 7 heteroatoms. The molecule has 0 fully saturated rings. The maximum absolute atomic E-state index is 12.8. The zero-order chi connectivity index (χ0) is 20.2. The van der Waals surface area contributed by atoms with Crippen LogP contribution in [-0.2, 0) is 11.3 Å². The van der Waals surface area contributed by atoms with E-state index in [1.54, 1.807) is 14.0 Å². The number of carbonyl (C=O) groups is 1. The Hall–Kier alpha value is -3.61. The number of amides is 1. The first-order valence-electron chi connectivity index (χ1n) is 9.40. The number of hydrogen-bond acceptors (Lipinski definition) is 5. The lowest BCUT2D eigenvalue weighted by molar-refractivity contribution is -0.121. The van der Waals surface area contributed by atoms with E-state index in [0.717, 1.165) is 27.8 Å². The number of carbonyl (C=O) groups excluding carboxylic acids is 1. The number of aromatic nitrogens is 3. The molecule has 0 aliphatic carbocycles. The van der Waals surface area contributed by atoms with Gasteiger partial charge in [0.05, 0.1) is 13.7 Å². The molecule has 2 aromatic heterocycles. The van der Waals surface area contributed by atoms with Crippen molar-refractivity contribution in [3.05, 3.63) is 77.6 Å². The second kappa shape index (κ2) is 8.18. The SMILES string of the molecule is COc1cccc2[nH]cc([C@@H](CC(=O)NCc3nc(C)no3)c3ccccc3)c12. The number of hydrogen-bond donors (Lipinski definition) is 2. The molecule has 4 rings (SSSR count). The smallest absolute Gasteiger partial charge is 0.246 e. The molecule has 1 amide bonds. The van der Waals surface area contributed by atoms with Gasteiger partial charge in [-0.2, -0.15) is 4.98 Å². The fourth-order valence-corrected chi connectivity index (χ4v) is 3.56. The van der Waals surface area contributed by atoms with Crippen LogP contribution in [0.15, 0.2) is 59.3 Å². The van der Waals surface area contributed by atoms with Gasteiger partial charge >= 0.3 is 0 Å². The van der Waals surface area contributed by atoms with Gasteiger partial charge < -0.3 is 19.6 Å². The number of ether oxygens (including phenoxy) is 1. The number of aromatic amines is 1. The highest BCUT2D eigenvalue weighted by molar-refractivity contribution is 5.91. The summed E-state index contributed by atoms with van der Waals surface area (Å²) in [4.78, 5) is 20.2. The molecule has 0 bridgehead atoms. The fourth-order valence-electron chi connectivity index (χ4n) is 3.56. The van der Waals surface area contributed by atoms with Gasteiger partial charge in [0.2, 0.25) is 11.8 Å². The second-order valence-corrected chi connectivity index (χ2v) is 6.81. The van der Waals surface area contributed by atoms with Crippen LogP contribution in [-0.4, -0.2) is 28.1 Å². The summed E-state index contributed by atoms with van der Waals surface area (Å²) in [5.74, 6) is 1.48. The minimum absolute atomic E-state index is 0.0982. The topological polar surface area (TPSA) is 93.0 Å². The van der Waals surface area contributed by atoms with Gasteiger partial charge in [0, 0.05) is 29.4 Å². The standard InChI is InChI=1S/C22H22N4O3/c1-14-25-21(29-26-14)13-24-20(27)11-16(15-7-4-3-5-8-15)17-12-23-18-9-6-10-19(28-2)22(17)18/h3-10,12,16,23H,11,13H2,1-2H3,(H,24,27)/t16-/m0/s1. The Morgan fingerprint density at radius 2 is 2.03 bits per heavy atom. The molecule has 0 saturated carbocycles. The summed E-state index contributed by atoms with van der Waals surface area (Å²) >= 11 is 0. The summed E-state index contributed by atoms with van der Waals surface area (Å²) in [6.45, 7) is 1.95. The average molecular weight is 390 g/mol. The highest BCUT2D eigenvalue weighted by Crippen LogP contribution is 2.37. The van der Waals surface area contributed by atoms with Crippen LogP contribution in [0.4, 0.5) is 0 Å². The van der Waals surface area contributed by atoms with Crippen molar-refractivity contribution in [3.63, 3.8) is 0 Å². The number of methoxy groups -OCH3 is 1. The van der Waals surface area contributed by atoms with Crippen molar-refractivity contribution in [1.29, 1.82) is 0 Å². The summed E-state index contributed by atoms with van der Waals surface area (Å²) in [5.41, 5.74) is 3.05. The molecule has 2 aromatic carbocycles. The van der Waals surface area contributed by atoms with E-state index < -0.39 is 0 Å². The summed E-state index contributed by atoms with van der Waals surface area (Å²) < 4.78 is 10.6. The Bertz CT molecular complexity index is 1120. The minimum atomic E-state index is -0.134. The van der Waals surface area contributed by atoms with E-state index in [4.69, 9.17) is 9.26 Å². The summed E-state index contributed by atoms with van der Waals surface area (Å²) in [6, 6.07) is 15.9. The van der Waals surface area contributed by atoms with Crippen LogP contribution < -0.4 is 10.1 Å². The van der Waals surface area contributed by atoms with Crippen LogP contribution in [0.5, 0.6) is 5.75 Å². The van der Waals surface area contributed by atoms with E-state index in [2.05, 4.69) is 20.4 Å². The highest BCUT2D eigenvalue weighted by atomic mass is 16.5. The molecule has 0 spiro atoms. The van der Waals surface area contributed by atoms with E-state index >= 15 is 0 Å². The van der Waals surface area contributed by atoms with Crippen molar-refractivity contribution < 1.29 is 14.1 Å². The molecule has 0 radical (unpaired) electrons. The first kappa shape index (κ1) is 18.7. The van der Waals surface area contributed by atoms with Gasteiger partial charge in [-0.25, -0.2) is 0 Å². The van der Waals surface area contributed by atoms with Crippen molar-refractivity contribution in [2.75, 3.05) is 7.11 Å². The molecule has 29 heavy (non-hydrogen) atoms. The van der Waals surface area contributed by atoms with Crippen LogP contribution in [0.1, 0.15) is 35.2 Å². The third-order valence-electron chi connectivity index (χ3n) is 4.89. The summed E-state index contributed by atoms with van der Waals surface area (Å²) in [5, 5.41) is 7.61. The lowest BCUT2D eigenvalue weighted by Crippen LogP contribution is -2.25. The summed E-state index contributed by atoms with van der Waals surface area (Å²) in [6.07, 6.45) is 2.24. The number of aryl methyl sites for hydroxylation is 1. The monoisotopic (exact) mass is 390 g/mol. The van der Waals surface area contributed by atoms with E-state index in [1.165, 1.54) is 0 Å². The maximum atomic E-state index is 12.8. The third kappa shape index (κ3) is 3.99. The Morgan fingerprint density at radius 3 is 2.76 bits per heavy atom. The van der Waals surface area contributed by atoms with Crippen molar-refractivity contribution in [2.24, 2.45) is 0 Å². The van der Waals surface area contributed by atoms with E-state index in [9.17, 15) is 4.79 Å². The Morgan fingerprint density at radius 1 is 1.21 bits per heavy atom. The Kier molecular flexibility index (Phi) is 5.29. The lowest BCUT2D eigenvalue weighted by atomic mass is 9.88. The third-order valence-corrected chi connectivity index (χ3v) is 4.89. The van der Waals surface area contributed by atoms with Gasteiger partial charge in [-0.05, 0) is 30.2 Å². The van der Waals surface area contributed by atoms with Crippen LogP contribution in [0, 0.1) is 6.92 Å². The van der Waals surface area contributed by atoms with E-state index in [-0.39, 0.29) is 24.8 Å². The van der Waals surface area contributed by atoms with Gasteiger partial charge in [0.15, 0.2) is 5.82 Å². The molecule has 2 N–H and O–H groups in total. The number of rotatable bonds is 7. The first-order valence-corrected chi connectivity index (χ1v) is 9.40. The number of benzene rings is 2. The van der Waals surface area contributed by atoms with Crippen LogP contribution in [0.25, 0.3) is 10.9 Å². The van der Waals surface area contributed by atoms with Crippen molar-refractivity contribution >= 4 is 16.8 Å². The Balaban J connectivity index is 1.64. The maximum Gasteiger partial charge on any atom is 0.246 e. The molecule has 1 atom stereocenters. The summed E-state index contributed by atoms with van der Waals surface area (Å²) in [7, 11) is 1.65. The number of nitrogens with zero attached hydrogens (tertiary/aromatic N) is 2. The quantitative estimate of drug-likeness (QED) is 0.502. The molecule has 4 aromatic rings. The van der Waals surface area contributed by atoms with Crippen molar-refractivity contribution in [1.82, 2.24) is 20.4 Å².